The van der Waals surface area contributed by atoms with E-state index in [4.69, 9.17) is 0 Å². The smallest absolute Gasteiger partial charge is 0.0739 e. The Bertz CT molecular complexity index is 838. The van der Waals surface area contributed by atoms with Crippen molar-refractivity contribution < 1.29 is 0 Å². The van der Waals surface area contributed by atoms with E-state index in [0.29, 0.717) is 5.92 Å². The highest BCUT2D eigenvalue weighted by Crippen LogP contribution is 2.45. The van der Waals surface area contributed by atoms with Crippen molar-refractivity contribution in [3.05, 3.63) is 48.2 Å². The molecule has 4 rings (SSSR count). The third kappa shape index (κ3) is 2.06. The number of aromatic amines is 2. The SMILES string of the molecule is C=Cc1[nH]ncc1-c1cnc(-c2cn[nH]c2C)cc1C1CC1. The van der Waals surface area contributed by atoms with Gasteiger partial charge in [-0.25, -0.2) is 0 Å². The number of hydrogen-bond donors (Lipinski definition) is 2. The maximum atomic E-state index is 4.65. The van der Waals surface area contributed by atoms with Gasteiger partial charge in [0.1, 0.15) is 0 Å². The van der Waals surface area contributed by atoms with Crippen LogP contribution < -0.4 is 0 Å². The van der Waals surface area contributed by atoms with E-state index in [-0.39, 0.29) is 0 Å². The summed E-state index contributed by atoms with van der Waals surface area (Å²) in [6.07, 6.45) is 9.91. The van der Waals surface area contributed by atoms with E-state index in [1.807, 2.05) is 25.5 Å². The Balaban J connectivity index is 1.87. The summed E-state index contributed by atoms with van der Waals surface area (Å²) in [5.74, 6) is 0.622. The van der Waals surface area contributed by atoms with Crippen LogP contribution in [0.25, 0.3) is 28.5 Å². The fourth-order valence-electron chi connectivity index (χ4n) is 2.85. The molecule has 1 fully saturated rings. The fourth-order valence-corrected chi connectivity index (χ4v) is 2.85. The van der Waals surface area contributed by atoms with E-state index >= 15 is 0 Å². The van der Waals surface area contributed by atoms with Gasteiger partial charge >= 0.3 is 0 Å². The van der Waals surface area contributed by atoms with Crippen LogP contribution in [0.5, 0.6) is 0 Å². The lowest BCUT2D eigenvalue weighted by atomic mass is 9.97. The molecule has 0 unspecified atom stereocenters. The zero-order chi connectivity index (χ0) is 15.1. The minimum atomic E-state index is 0.622. The van der Waals surface area contributed by atoms with Crippen LogP contribution in [0.1, 0.15) is 35.7 Å². The first-order chi connectivity index (χ1) is 10.8. The molecule has 0 saturated heterocycles. The number of nitrogens with zero attached hydrogens (tertiary/aromatic N) is 3. The molecule has 1 aliphatic rings. The predicted octanol–water partition coefficient (Wildman–Crippen LogP) is 3.69. The Kier molecular flexibility index (Phi) is 2.92. The normalized spacial score (nSPS) is 14.2. The Morgan fingerprint density at radius 2 is 1.86 bits per heavy atom. The number of aromatic nitrogens is 5. The molecule has 22 heavy (non-hydrogen) atoms. The lowest BCUT2D eigenvalue weighted by Crippen LogP contribution is -1.93. The summed E-state index contributed by atoms with van der Waals surface area (Å²) in [5.41, 5.74) is 7.57. The minimum absolute atomic E-state index is 0.622. The first kappa shape index (κ1) is 13.0. The lowest BCUT2D eigenvalue weighted by Gasteiger charge is -2.10. The van der Waals surface area contributed by atoms with Crippen molar-refractivity contribution in [2.75, 3.05) is 0 Å². The minimum Gasteiger partial charge on any atom is -0.282 e. The molecule has 3 aromatic heterocycles. The average molecular weight is 291 g/mol. The van der Waals surface area contributed by atoms with Crippen molar-refractivity contribution in [2.45, 2.75) is 25.7 Å². The van der Waals surface area contributed by atoms with Gasteiger partial charge in [-0.05, 0) is 43.4 Å². The molecule has 0 aliphatic heterocycles. The molecule has 3 heterocycles. The van der Waals surface area contributed by atoms with Gasteiger partial charge in [-0.3, -0.25) is 15.2 Å². The molecule has 2 N–H and O–H groups in total. The van der Waals surface area contributed by atoms with Gasteiger partial charge in [0.15, 0.2) is 0 Å². The van der Waals surface area contributed by atoms with Crippen molar-refractivity contribution in [2.24, 2.45) is 0 Å². The van der Waals surface area contributed by atoms with Gasteiger partial charge in [-0.15, -0.1) is 0 Å². The highest BCUT2D eigenvalue weighted by Gasteiger charge is 2.28. The van der Waals surface area contributed by atoms with Crippen molar-refractivity contribution in [1.82, 2.24) is 25.4 Å². The standard InChI is InChI=1S/C17H17N5/c1-3-16-15(9-20-22-16)14-7-18-17(6-12(14)11-4-5-11)13-8-19-21-10(13)2/h3,6-9,11H,1,4-5H2,2H3,(H,19,21)(H,20,22). The summed E-state index contributed by atoms with van der Waals surface area (Å²) < 4.78 is 0. The number of pyridine rings is 1. The first-order valence-electron chi connectivity index (χ1n) is 7.44. The molecular weight excluding hydrogens is 274 g/mol. The van der Waals surface area contributed by atoms with E-state index in [9.17, 15) is 0 Å². The molecule has 0 aromatic carbocycles. The lowest BCUT2D eigenvalue weighted by molar-refractivity contribution is 1.05. The molecular formula is C17H17N5. The largest absolute Gasteiger partial charge is 0.282 e. The van der Waals surface area contributed by atoms with E-state index < -0.39 is 0 Å². The van der Waals surface area contributed by atoms with Crippen LogP contribution in [0.3, 0.4) is 0 Å². The summed E-state index contributed by atoms with van der Waals surface area (Å²) in [5, 5.41) is 14.2. The Hall–Kier alpha value is -2.69. The summed E-state index contributed by atoms with van der Waals surface area (Å²) in [7, 11) is 0. The van der Waals surface area contributed by atoms with E-state index in [1.54, 1.807) is 6.08 Å². The van der Waals surface area contributed by atoms with Gasteiger partial charge in [0.05, 0.1) is 23.8 Å². The summed E-state index contributed by atoms with van der Waals surface area (Å²) >= 11 is 0. The van der Waals surface area contributed by atoms with Crippen LogP contribution in [0.2, 0.25) is 0 Å². The Morgan fingerprint density at radius 3 is 2.55 bits per heavy atom. The Labute approximate surface area is 128 Å². The molecule has 0 radical (unpaired) electrons. The number of aryl methyl sites for hydroxylation is 1. The second kappa shape index (κ2) is 4.94. The summed E-state index contributed by atoms with van der Waals surface area (Å²) in [6.45, 7) is 5.86. The number of H-pyrrole nitrogens is 2. The predicted molar refractivity (Wildman–Crippen MR) is 86.2 cm³/mol. The van der Waals surface area contributed by atoms with Crippen LogP contribution in [0, 0.1) is 6.92 Å². The van der Waals surface area contributed by atoms with E-state index in [1.165, 1.54) is 18.4 Å². The monoisotopic (exact) mass is 291 g/mol. The van der Waals surface area contributed by atoms with Crippen LogP contribution in [0.4, 0.5) is 0 Å². The molecule has 1 saturated carbocycles. The molecule has 0 amide bonds. The third-order valence-electron chi connectivity index (χ3n) is 4.22. The second-order valence-corrected chi connectivity index (χ2v) is 5.74. The van der Waals surface area contributed by atoms with Crippen LogP contribution in [-0.2, 0) is 0 Å². The van der Waals surface area contributed by atoms with Crippen molar-refractivity contribution in [3.8, 4) is 22.4 Å². The van der Waals surface area contributed by atoms with Gasteiger partial charge in [0, 0.05) is 28.6 Å². The van der Waals surface area contributed by atoms with Crippen LogP contribution in [0.15, 0.2) is 31.2 Å². The number of rotatable bonds is 4. The number of nitrogens with one attached hydrogen (secondary N) is 2. The molecule has 0 bridgehead atoms. The molecule has 0 atom stereocenters. The van der Waals surface area contributed by atoms with E-state index in [2.05, 4.69) is 38.0 Å². The number of hydrogen-bond acceptors (Lipinski definition) is 3. The van der Waals surface area contributed by atoms with Gasteiger partial charge < -0.3 is 0 Å². The third-order valence-corrected chi connectivity index (χ3v) is 4.22. The van der Waals surface area contributed by atoms with E-state index in [0.717, 1.165) is 33.8 Å². The molecule has 0 spiro atoms. The zero-order valence-corrected chi connectivity index (χ0v) is 12.4. The zero-order valence-electron chi connectivity index (χ0n) is 12.4. The highest BCUT2D eigenvalue weighted by atomic mass is 15.1. The fraction of sp³-hybridized carbons (Fsp3) is 0.235. The second-order valence-electron chi connectivity index (χ2n) is 5.74. The molecule has 5 nitrogen and oxygen atoms in total. The maximum Gasteiger partial charge on any atom is 0.0739 e. The Morgan fingerprint density at radius 1 is 1.09 bits per heavy atom. The van der Waals surface area contributed by atoms with Gasteiger partial charge in [0.2, 0.25) is 0 Å². The maximum absolute atomic E-state index is 4.65. The first-order valence-corrected chi connectivity index (χ1v) is 7.44. The quantitative estimate of drug-likeness (QED) is 0.770. The molecule has 5 heteroatoms. The molecule has 1 aliphatic carbocycles. The highest BCUT2D eigenvalue weighted by molar-refractivity contribution is 5.77. The van der Waals surface area contributed by atoms with Crippen molar-refractivity contribution >= 4 is 6.08 Å². The van der Waals surface area contributed by atoms with Crippen LogP contribution >= 0.6 is 0 Å². The van der Waals surface area contributed by atoms with Crippen LogP contribution in [-0.4, -0.2) is 25.4 Å². The van der Waals surface area contributed by atoms with Gasteiger partial charge in [0.25, 0.3) is 0 Å². The van der Waals surface area contributed by atoms with Crippen molar-refractivity contribution in [3.63, 3.8) is 0 Å². The summed E-state index contributed by atoms with van der Waals surface area (Å²) in [4.78, 5) is 4.65. The molecule has 110 valence electrons. The topological polar surface area (TPSA) is 70.2 Å². The molecule has 3 aromatic rings. The van der Waals surface area contributed by atoms with Gasteiger partial charge in [-0.1, -0.05) is 6.58 Å². The summed E-state index contributed by atoms with van der Waals surface area (Å²) in [6, 6.07) is 2.20. The van der Waals surface area contributed by atoms with Gasteiger partial charge in [-0.2, -0.15) is 10.2 Å². The van der Waals surface area contributed by atoms with Crippen molar-refractivity contribution in [1.29, 1.82) is 0 Å². The average Bonchev–Trinajstić information content (AvgIpc) is 3.12.